The van der Waals surface area contributed by atoms with Gasteiger partial charge in [0.25, 0.3) is 0 Å². The van der Waals surface area contributed by atoms with Crippen LogP contribution in [-0.2, 0) is 4.79 Å². The number of carbonyl (C=O) groups excluding carboxylic acids is 1. The fraction of sp³-hybridized carbons (Fsp3) is 0.364. The molecule has 2 N–H and O–H groups in total. The maximum Gasteiger partial charge on any atom is 0.245 e. The molecule has 0 spiro atoms. The van der Waals surface area contributed by atoms with Gasteiger partial charge in [-0.15, -0.1) is 0 Å². The summed E-state index contributed by atoms with van der Waals surface area (Å²) >= 11 is 0. The van der Waals surface area contributed by atoms with Crippen LogP contribution in [0.25, 0.3) is 0 Å². The van der Waals surface area contributed by atoms with Gasteiger partial charge in [-0.05, 0) is 24.3 Å². The minimum Gasteiger partial charge on any atom is -0.497 e. The summed E-state index contributed by atoms with van der Waals surface area (Å²) in [6, 6.07) is 7.16. The molecular weight excluding hydrogens is 210 g/mol. The Bertz CT molecular complexity index is 323. The first-order chi connectivity index (χ1) is 7.76. The van der Waals surface area contributed by atoms with Crippen LogP contribution in [0.15, 0.2) is 24.3 Å². The van der Waals surface area contributed by atoms with Crippen molar-refractivity contribution in [1.29, 1.82) is 0 Å². The first-order valence-corrected chi connectivity index (χ1v) is 4.90. The van der Waals surface area contributed by atoms with Crippen LogP contribution < -0.4 is 14.8 Å². The molecule has 0 aliphatic rings. The molecule has 0 aromatic heterocycles. The topological polar surface area (TPSA) is 67.8 Å². The molecule has 16 heavy (non-hydrogen) atoms. The van der Waals surface area contributed by atoms with Crippen LogP contribution >= 0.6 is 0 Å². The number of benzene rings is 1. The van der Waals surface area contributed by atoms with Crippen LogP contribution in [0.4, 0.5) is 0 Å². The van der Waals surface area contributed by atoms with Crippen molar-refractivity contribution >= 4 is 5.91 Å². The lowest BCUT2D eigenvalue weighted by Gasteiger charge is -2.07. The molecule has 0 aliphatic carbocycles. The van der Waals surface area contributed by atoms with Crippen molar-refractivity contribution in [1.82, 2.24) is 5.32 Å². The van der Waals surface area contributed by atoms with Gasteiger partial charge in [-0.25, -0.2) is 0 Å². The molecular formula is C11H15NO4. The summed E-state index contributed by atoms with van der Waals surface area (Å²) < 4.78 is 10.3. The van der Waals surface area contributed by atoms with Crippen molar-refractivity contribution in [2.75, 3.05) is 26.9 Å². The molecule has 0 saturated heterocycles. The van der Waals surface area contributed by atoms with E-state index in [9.17, 15) is 4.79 Å². The first kappa shape index (κ1) is 12.3. The Balaban J connectivity index is 2.24. The highest BCUT2D eigenvalue weighted by molar-refractivity contribution is 5.76. The number of aliphatic hydroxyl groups is 1. The van der Waals surface area contributed by atoms with E-state index in [1.807, 2.05) is 0 Å². The van der Waals surface area contributed by atoms with Crippen molar-refractivity contribution in [3.8, 4) is 11.5 Å². The average molecular weight is 225 g/mol. The quantitative estimate of drug-likeness (QED) is 0.678. The Morgan fingerprint density at radius 1 is 1.31 bits per heavy atom. The predicted octanol–water partition coefficient (Wildman–Crippen LogP) is 0.182. The maximum absolute atomic E-state index is 10.7. The van der Waals surface area contributed by atoms with E-state index in [0.717, 1.165) is 5.75 Å². The molecule has 88 valence electrons. The van der Waals surface area contributed by atoms with E-state index in [1.165, 1.54) is 0 Å². The summed E-state index contributed by atoms with van der Waals surface area (Å²) in [5.41, 5.74) is 0. The molecule has 0 aliphatic heterocycles. The van der Waals surface area contributed by atoms with Crippen molar-refractivity contribution < 1.29 is 19.4 Å². The molecule has 0 radical (unpaired) electrons. The van der Waals surface area contributed by atoms with Gasteiger partial charge in [-0.3, -0.25) is 4.79 Å². The first-order valence-electron chi connectivity index (χ1n) is 4.90. The number of nitrogens with one attached hydrogen (secondary N) is 1. The SMILES string of the molecule is COc1ccc(OCCNC(=O)CO)cc1. The molecule has 0 bridgehead atoms. The Labute approximate surface area is 94.0 Å². The van der Waals surface area contributed by atoms with Crippen molar-refractivity contribution in [2.24, 2.45) is 0 Å². The Morgan fingerprint density at radius 2 is 1.94 bits per heavy atom. The van der Waals surface area contributed by atoms with Crippen molar-refractivity contribution in [3.63, 3.8) is 0 Å². The Hall–Kier alpha value is -1.75. The van der Waals surface area contributed by atoms with Gasteiger partial charge in [-0.1, -0.05) is 0 Å². The maximum atomic E-state index is 10.7. The van der Waals surface area contributed by atoms with Gasteiger partial charge >= 0.3 is 0 Å². The second kappa shape index (κ2) is 6.68. The standard InChI is InChI=1S/C11H15NO4/c1-15-9-2-4-10(5-3-9)16-7-6-12-11(14)8-13/h2-5,13H,6-8H2,1H3,(H,12,14). The largest absolute Gasteiger partial charge is 0.497 e. The highest BCUT2D eigenvalue weighted by Gasteiger charge is 1.97. The van der Waals surface area contributed by atoms with Crippen LogP contribution in [0.5, 0.6) is 11.5 Å². The second-order valence-corrected chi connectivity index (χ2v) is 3.03. The summed E-state index contributed by atoms with van der Waals surface area (Å²) in [5.74, 6) is 1.07. The third-order valence-electron chi connectivity index (χ3n) is 1.90. The van der Waals surface area contributed by atoms with E-state index >= 15 is 0 Å². The van der Waals surface area contributed by atoms with Gasteiger partial charge in [0.2, 0.25) is 5.91 Å². The number of aliphatic hydroxyl groups excluding tert-OH is 1. The lowest BCUT2D eigenvalue weighted by Crippen LogP contribution is -2.30. The Kier molecular flexibility index (Phi) is 5.15. The summed E-state index contributed by atoms with van der Waals surface area (Å²) in [7, 11) is 1.60. The van der Waals surface area contributed by atoms with E-state index in [1.54, 1.807) is 31.4 Å². The molecule has 5 heteroatoms. The van der Waals surface area contributed by atoms with Crippen LogP contribution in [0.3, 0.4) is 0 Å². The minimum absolute atomic E-state index is 0.359. The van der Waals surface area contributed by atoms with Gasteiger partial charge < -0.3 is 19.9 Å². The van der Waals surface area contributed by atoms with E-state index in [2.05, 4.69) is 5.32 Å². The smallest absolute Gasteiger partial charge is 0.245 e. The summed E-state index contributed by atoms with van der Waals surface area (Å²) in [5, 5.41) is 10.9. The summed E-state index contributed by atoms with van der Waals surface area (Å²) in [6.45, 7) is 0.228. The number of amides is 1. The third kappa shape index (κ3) is 4.18. The zero-order chi connectivity index (χ0) is 11.8. The Morgan fingerprint density at radius 3 is 2.50 bits per heavy atom. The van der Waals surface area contributed by atoms with E-state index < -0.39 is 12.5 Å². The fourth-order valence-electron chi connectivity index (χ4n) is 1.09. The summed E-state index contributed by atoms with van der Waals surface area (Å²) in [4.78, 5) is 10.7. The minimum atomic E-state index is -0.497. The van der Waals surface area contributed by atoms with Crippen LogP contribution in [-0.4, -0.2) is 37.9 Å². The number of methoxy groups -OCH3 is 1. The number of hydrogen-bond acceptors (Lipinski definition) is 4. The number of carbonyl (C=O) groups is 1. The zero-order valence-electron chi connectivity index (χ0n) is 9.10. The van der Waals surface area contributed by atoms with E-state index in [-0.39, 0.29) is 0 Å². The average Bonchev–Trinajstić information content (AvgIpc) is 2.35. The van der Waals surface area contributed by atoms with Crippen molar-refractivity contribution in [3.05, 3.63) is 24.3 Å². The number of ether oxygens (including phenoxy) is 2. The second-order valence-electron chi connectivity index (χ2n) is 3.03. The molecule has 1 aromatic rings. The van der Waals surface area contributed by atoms with Crippen LogP contribution in [0.1, 0.15) is 0 Å². The molecule has 0 heterocycles. The van der Waals surface area contributed by atoms with Gasteiger partial charge in [0.1, 0.15) is 24.7 Å². The van der Waals surface area contributed by atoms with Gasteiger partial charge in [0.15, 0.2) is 0 Å². The van der Waals surface area contributed by atoms with Crippen LogP contribution in [0.2, 0.25) is 0 Å². The normalized spacial score (nSPS) is 9.62. The van der Waals surface area contributed by atoms with Gasteiger partial charge in [0, 0.05) is 0 Å². The predicted molar refractivity (Wildman–Crippen MR) is 58.6 cm³/mol. The highest BCUT2D eigenvalue weighted by Crippen LogP contribution is 2.16. The lowest BCUT2D eigenvalue weighted by atomic mass is 10.3. The monoisotopic (exact) mass is 225 g/mol. The third-order valence-corrected chi connectivity index (χ3v) is 1.90. The number of hydrogen-bond donors (Lipinski definition) is 2. The molecule has 0 unspecified atom stereocenters. The van der Waals surface area contributed by atoms with Crippen LogP contribution in [0, 0.1) is 0 Å². The summed E-state index contributed by atoms with van der Waals surface area (Å²) in [6.07, 6.45) is 0. The van der Waals surface area contributed by atoms with Crippen molar-refractivity contribution in [2.45, 2.75) is 0 Å². The van der Waals surface area contributed by atoms with E-state index in [4.69, 9.17) is 14.6 Å². The van der Waals surface area contributed by atoms with Gasteiger partial charge in [0.05, 0.1) is 13.7 Å². The lowest BCUT2D eigenvalue weighted by molar-refractivity contribution is -0.123. The molecule has 5 nitrogen and oxygen atoms in total. The molecule has 0 atom stereocenters. The molecule has 1 aromatic carbocycles. The number of rotatable bonds is 6. The molecule has 1 amide bonds. The molecule has 1 rings (SSSR count). The zero-order valence-corrected chi connectivity index (χ0v) is 9.10. The van der Waals surface area contributed by atoms with Gasteiger partial charge in [-0.2, -0.15) is 0 Å². The molecule has 0 fully saturated rings. The highest BCUT2D eigenvalue weighted by atomic mass is 16.5. The fourth-order valence-corrected chi connectivity index (χ4v) is 1.09. The van der Waals surface area contributed by atoms with E-state index in [0.29, 0.717) is 18.9 Å². The molecule has 0 saturated carbocycles.